The highest BCUT2D eigenvalue weighted by Gasteiger charge is 2.30. The minimum atomic E-state index is -0.00164. The third-order valence-electron chi connectivity index (χ3n) is 2.92. The average molecular weight is 208 g/mol. The minimum Gasteiger partial charge on any atom is -0.335 e. The SMILES string of the molecule is CNC1CCN(Cc2ccnn2C)C1=O. The van der Waals surface area contributed by atoms with E-state index in [4.69, 9.17) is 0 Å². The number of carbonyl (C=O) groups excluding carboxylic acids is 1. The Balaban J connectivity index is 2.03. The van der Waals surface area contributed by atoms with E-state index in [-0.39, 0.29) is 11.9 Å². The van der Waals surface area contributed by atoms with Gasteiger partial charge in [0.25, 0.3) is 0 Å². The van der Waals surface area contributed by atoms with Crippen molar-refractivity contribution in [2.45, 2.75) is 19.0 Å². The summed E-state index contributed by atoms with van der Waals surface area (Å²) in [5.74, 6) is 0.193. The number of rotatable bonds is 3. The molecule has 0 radical (unpaired) electrons. The molecule has 0 aromatic carbocycles. The molecule has 15 heavy (non-hydrogen) atoms. The summed E-state index contributed by atoms with van der Waals surface area (Å²) in [6, 6.07) is 1.94. The number of nitrogens with one attached hydrogen (secondary N) is 1. The molecular weight excluding hydrogens is 192 g/mol. The van der Waals surface area contributed by atoms with Gasteiger partial charge in [0.1, 0.15) is 0 Å². The van der Waals surface area contributed by atoms with Gasteiger partial charge >= 0.3 is 0 Å². The zero-order valence-electron chi connectivity index (χ0n) is 9.10. The molecule has 1 amide bonds. The summed E-state index contributed by atoms with van der Waals surface area (Å²) in [5, 5.41) is 7.11. The molecule has 1 unspecified atom stereocenters. The fourth-order valence-corrected chi connectivity index (χ4v) is 1.92. The molecule has 1 atom stereocenters. The Morgan fingerprint density at radius 1 is 1.67 bits per heavy atom. The third-order valence-corrected chi connectivity index (χ3v) is 2.92. The number of hydrogen-bond acceptors (Lipinski definition) is 3. The van der Waals surface area contributed by atoms with Crippen LogP contribution >= 0.6 is 0 Å². The Hall–Kier alpha value is -1.36. The van der Waals surface area contributed by atoms with Crippen LogP contribution in [0.5, 0.6) is 0 Å². The van der Waals surface area contributed by atoms with Gasteiger partial charge in [-0.1, -0.05) is 0 Å². The van der Waals surface area contributed by atoms with Crippen molar-refractivity contribution in [3.8, 4) is 0 Å². The second-order valence-corrected chi connectivity index (χ2v) is 3.84. The van der Waals surface area contributed by atoms with Gasteiger partial charge in [-0.3, -0.25) is 9.48 Å². The zero-order chi connectivity index (χ0) is 10.8. The summed E-state index contributed by atoms with van der Waals surface area (Å²) >= 11 is 0. The monoisotopic (exact) mass is 208 g/mol. The second-order valence-electron chi connectivity index (χ2n) is 3.84. The van der Waals surface area contributed by atoms with Crippen LogP contribution in [-0.2, 0) is 18.4 Å². The summed E-state index contributed by atoms with van der Waals surface area (Å²) in [5.41, 5.74) is 1.07. The average Bonchev–Trinajstić information content (AvgIpc) is 2.77. The van der Waals surface area contributed by atoms with Crippen LogP contribution in [0.25, 0.3) is 0 Å². The fourth-order valence-electron chi connectivity index (χ4n) is 1.92. The van der Waals surface area contributed by atoms with E-state index in [1.54, 1.807) is 10.9 Å². The molecule has 1 aliphatic heterocycles. The molecular formula is C10H16N4O. The van der Waals surface area contributed by atoms with Gasteiger partial charge in [-0.25, -0.2) is 0 Å². The molecule has 1 aromatic rings. The number of hydrogen-bond donors (Lipinski definition) is 1. The summed E-state index contributed by atoms with van der Waals surface area (Å²) in [4.78, 5) is 13.7. The molecule has 1 aromatic heterocycles. The van der Waals surface area contributed by atoms with Gasteiger partial charge in [0, 0.05) is 19.8 Å². The van der Waals surface area contributed by atoms with Crippen molar-refractivity contribution in [3.05, 3.63) is 18.0 Å². The van der Waals surface area contributed by atoms with Crippen molar-refractivity contribution in [1.82, 2.24) is 20.0 Å². The quantitative estimate of drug-likeness (QED) is 0.744. The number of amides is 1. The standard InChI is InChI=1S/C10H16N4O/c1-11-9-4-6-14(10(9)15)7-8-3-5-12-13(8)2/h3,5,9,11H,4,6-7H2,1-2H3. The van der Waals surface area contributed by atoms with Crippen LogP contribution in [0, 0.1) is 0 Å². The first kappa shape index (κ1) is 10.2. The van der Waals surface area contributed by atoms with Crippen molar-refractivity contribution >= 4 is 5.91 Å². The van der Waals surface area contributed by atoms with Crippen LogP contribution in [0.2, 0.25) is 0 Å². The van der Waals surface area contributed by atoms with Crippen LogP contribution in [0.4, 0.5) is 0 Å². The largest absolute Gasteiger partial charge is 0.335 e. The van der Waals surface area contributed by atoms with Crippen molar-refractivity contribution in [1.29, 1.82) is 0 Å². The summed E-state index contributed by atoms with van der Waals surface area (Å²) < 4.78 is 1.81. The Morgan fingerprint density at radius 2 is 2.47 bits per heavy atom. The van der Waals surface area contributed by atoms with Gasteiger partial charge in [-0.15, -0.1) is 0 Å². The van der Waals surface area contributed by atoms with Gasteiger partial charge in [-0.2, -0.15) is 5.10 Å². The molecule has 2 rings (SSSR count). The minimum absolute atomic E-state index is 0.00164. The molecule has 0 spiro atoms. The Labute approximate surface area is 89.1 Å². The smallest absolute Gasteiger partial charge is 0.240 e. The number of carbonyl (C=O) groups is 1. The number of nitrogens with zero attached hydrogens (tertiary/aromatic N) is 3. The summed E-state index contributed by atoms with van der Waals surface area (Å²) in [6.45, 7) is 1.49. The summed E-state index contributed by atoms with van der Waals surface area (Å²) in [6.07, 6.45) is 2.65. The second kappa shape index (κ2) is 4.02. The van der Waals surface area contributed by atoms with E-state index in [1.807, 2.05) is 25.1 Å². The van der Waals surface area contributed by atoms with Gasteiger partial charge in [0.2, 0.25) is 5.91 Å². The topological polar surface area (TPSA) is 50.2 Å². The van der Waals surface area contributed by atoms with Crippen LogP contribution in [0.1, 0.15) is 12.1 Å². The molecule has 5 heteroatoms. The molecule has 2 heterocycles. The Bertz CT molecular complexity index is 360. The molecule has 0 saturated carbocycles. The number of aryl methyl sites for hydroxylation is 1. The van der Waals surface area contributed by atoms with Crippen molar-refractivity contribution in [3.63, 3.8) is 0 Å². The lowest BCUT2D eigenvalue weighted by molar-refractivity contribution is -0.129. The first-order valence-corrected chi connectivity index (χ1v) is 5.15. The van der Waals surface area contributed by atoms with Crippen molar-refractivity contribution < 1.29 is 4.79 Å². The predicted octanol–water partition coefficient (Wildman–Crippen LogP) is -0.260. The van der Waals surface area contributed by atoms with E-state index in [1.165, 1.54) is 0 Å². The normalized spacial score (nSPS) is 21.3. The maximum absolute atomic E-state index is 11.8. The summed E-state index contributed by atoms with van der Waals surface area (Å²) in [7, 11) is 3.72. The lowest BCUT2D eigenvalue weighted by Gasteiger charge is -2.16. The van der Waals surface area contributed by atoms with E-state index in [0.29, 0.717) is 6.54 Å². The molecule has 1 N–H and O–H groups in total. The van der Waals surface area contributed by atoms with E-state index in [9.17, 15) is 4.79 Å². The lowest BCUT2D eigenvalue weighted by Crippen LogP contribution is -2.36. The number of likely N-dealkylation sites (tertiary alicyclic amines) is 1. The zero-order valence-corrected chi connectivity index (χ0v) is 9.10. The van der Waals surface area contributed by atoms with Gasteiger partial charge in [0.15, 0.2) is 0 Å². The van der Waals surface area contributed by atoms with Crippen LogP contribution in [0.3, 0.4) is 0 Å². The molecule has 1 saturated heterocycles. The number of aromatic nitrogens is 2. The number of likely N-dealkylation sites (N-methyl/N-ethyl adjacent to an activating group) is 1. The van der Waals surface area contributed by atoms with Gasteiger partial charge in [0.05, 0.1) is 18.3 Å². The molecule has 0 aliphatic carbocycles. The fraction of sp³-hybridized carbons (Fsp3) is 0.600. The van der Waals surface area contributed by atoms with Crippen LogP contribution in [0.15, 0.2) is 12.3 Å². The molecule has 82 valence electrons. The maximum Gasteiger partial charge on any atom is 0.240 e. The highest BCUT2D eigenvalue weighted by atomic mass is 16.2. The molecule has 1 aliphatic rings. The van der Waals surface area contributed by atoms with E-state index < -0.39 is 0 Å². The van der Waals surface area contributed by atoms with Crippen LogP contribution < -0.4 is 5.32 Å². The molecule has 1 fully saturated rings. The molecule has 5 nitrogen and oxygen atoms in total. The van der Waals surface area contributed by atoms with Crippen molar-refractivity contribution in [2.75, 3.05) is 13.6 Å². The van der Waals surface area contributed by atoms with E-state index in [0.717, 1.165) is 18.7 Å². The Morgan fingerprint density at radius 3 is 3.00 bits per heavy atom. The highest BCUT2D eigenvalue weighted by molar-refractivity contribution is 5.83. The van der Waals surface area contributed by atoms with Gasteiger partial charge in [-0.05, 0) is 19.5 Å². The van der Waals surface area contributed by atoms with E-state index in [2.05, 4.69) is 10.4 Å². The lowest BCUT2D eigenvalue weighted by atomic mass is 10.3. The van der Waals surface area contributed by atoms with Crippen LogP contribution in [-0.4, -0.2) is 40.2 Å². The highest BCUT2D eigenvalue weighted by Crippen LogP contribution is 2.14. The molecule has 0 bridgehead atoms. The first-order chi connectivity index (χ1) is 7.22. The third kappa shape index (κ3) is 1.87. The Kier molecular flexibility index (Phi) is 2.73. The maximum atomic E-state index is 11.8. The van der Waals surface area contributed by atoms with E-state index >= 15 is 0 Å². The predicted molar refractivity (Wildman–Crippen MR) is 56.1 cm³/mol. The van der Waals surface area contributed by atoms with Gasteiger partial charge < -0.3 is 10.2 Å². The first-order valence-electron chi connectivity index (χ1n) is 5.15. The van der Waals surface area contributed by atoms with Crippen molar-refractivity contribution in [2.24, 2.45) is 7.05 Å².